The Bertz CT molecular complexity index is 605. The minimum Gasteiger partial charge on any atom is -0.356 e. The lowest BCUT2D eigenvalue weighted by Crippen LogP contribution is -2.28. The largest absolute Gasteiger partial charge is 0.356 e. The molecule has 118 valence electrons. The van der Waals surface area contributed by atoms with E-state index in [9.17, 15) is 4.79 Å². The Morgan fingerprint density at radius 1 is 1.32 bits per heavy atom. The van der Waals surface area contributed by atoms with Crippen molar-refractivity contribution in [2.24, 2.45) is 5.92 Å². The molecule has 0 aliphatic carbocycles. The van der Waals surface area contributed by atoms with Gasteiger partial charge in [-0.15, -0.1) is 11.3 Å². The van der Waals surface area contributed by atoms with Crippen molar-refractivity contribution in [3.63, 3.8) is 0 Å². The fraction of sp³-hybridized carbons (Fsp3) is 0.412. The topological polar surface area (TPSA) is 42.0 Å². The van der Waals surface area contributed by atoms with Gasteiger partial charge in [0.1, 0.15) is 4.34 Å². The van der Waals surface area contributed by atoms with Crippen molar-refractivity contribution < 1.29 is 4.79 Å². The average Bonchev–Trinajstić information content (AvgIpc) is 2.92. The molecule has 22 heavy (non-hydrogen) atoms. The zero-order valence-corrected chi connectivity index (χ0v) is 14.9. The molecule has 0 spiro atoms. The van der Waals surface area contributed by atoms with Crippen molar-refractivity contribution in [3.8, 4) is 0 Å². The van der Waals surface area contributed by atoms with Crippen LogP contribution < -0.4 is 5.32 Å². The fourth-order valence-corrected chi connectivity index (χ4v) is 3.61. The molecular formula is C17H22N2OS2. The summed E-state index contributed by atoms with van der Waals surface area (Å²) in [4.78, 5) is 16.3. The van der Waals surface area contributed by atoms with Gasteiger partial charge in [-0.05, 0) is 18.4 Å². The van der Waals surface area contributed by atoms with Gasteiger partial charge in [-0.1, -0.05) is 55.4 Å². The third-order valence-corrected chi connectivity index (χ3v) is 5.20. The number of amides is 1. The van der Waals surface area contributed by atoms with Crippen LogP contribution >= 0.6 is 23.1 Å². The quantitative estimate of drug-likeness (QED) is 0.777. The van der Waals surface area contributed by atoms with Gasteiger partial charge in [0.2, 0.25) is 5.91 Å². The van der Waals surface area contributed by atoms with Gasteiger partial charge in [0.05, 0.1) is 12.1 Å². The average molecular weight is 335 g/mol. The molecule has 0 aliphatic heterocycles. The number of carbonyl (C=O) groups is 1. The molecule has 5 heteroatoms. The summed E-state index contributed by atoms with van der Waals surface area (Å²) in [5.41, 5.74) is 3.43. The molecule has 1 aromatic carbocycles. The van der Waals surface area contributed by atoms with Gasteiger partial charge >= 0.3 is 0 Å². The number of aromatic nitrogens is 1. The van der Waals surface area contributed by atoms with E-state index in [2.05, 4.69) is 55.3 Å². The van der Waals surface area contributed by atoms with Crippen LogP contribution in [0.25, 0.3) is 0 Å². The van der Waals surface area contributed by atoms with Crippen LogP contribution in [0.2, 0.25) is 0 Å². The van der Waals surface area contributed by atoms with Crippen molar-refractivity contribution in [2.45, 2.75) is 37.3 Å². The summed E-state index contributed by atoms with van der Waals surface area (Å²) >= 11 is 3.33. The van der Waals surface area contributed by atoms with Crippen LogP contribution in [0.1, 0.15) is 30.7 Å². The van der Waals surface area contributed by atoms with Crippen LogP contribution in [0.15, 0.2) is 34.0 Å². The third-order valence-electron chi connectivity index (χ3n) is 3.06. The molecule has 1 N–H and O–H groups in total. The van der Waals surface area contributed by atoms with E-state index in [1.54, 1.807) is 23.1 Å². The summed E-state index contributed by atoms with van der Waals surface area (Å²) in [5.74, 6) is 1.43. The first kappa shape index (κ1) is 17.0. The SMILES string of the molecule is Cc1ccc(CSc2nc(CC(=O)NCC(C)C)cs2)cc1. The molecule has 0 saturated heterocycles. The number of hydrogen-bond donors (Lipinski definition) is 1. The minimum absolute atomic E-state index is 0.0501. The lowest BCUT2D eigenvalue weighted by Gasteiger charge is -2.06. The summed E-state index contributed by atoms with van der Waals surface area (Å²) in [6.07, 6.45) is 0.369. The number of thioether (sulfide) groups is 1. The lowest BCUT2D eigenvalue weighted by atomic mass is 10.2. The maximum absolute atomic E-state index is 11.8. The predicted molar refractivity (Wildman–Crippen MR) is 94.4 cm³/mol. The van der Waals surface area contributed by atoms with Gasteiger partial charge in [0, 0.05) is 17.7 Å². The van der Waals surface area contributed by atoms with Crippen LogP contribution in [0, 0.1) is 12.8 Å². The Labute approximate surface area is 140 Å². The van der Waals surface area contributed by atoms with Gasteiger partial charge < -0.3 is 5.32 Å². The Morgan fingerprint density at radius 2 is 2.05 bits per heavy atom. The highest BCUT2D eigenvalue weighted by atomic mass is 32.2. The van der Waals surface area contributed by atoms with E-state index in [0.717, 1.165) is 22.3 Å². The second kappa shape index (κ2) is 8.34. The van der Waals surface area contributed by atoms with E-state index >= 15 is 0 Å². The number of thiazole rings is 1. The van der Waals surface area contributed by atoms with Gasteiger partial charge in [-0.2, -0.15) is 0 Å². The maximum atomic E-state index is 11.8. The zero-order valence-electron chi connectivity index (χ0n) is 13.3. The van der Waals surface area contributed by atoms with E-state index in [0.29, 0.717) is 12.3 Å². The monoisotopic (exact) mass is 334 g/mol. The number of nitrogens with zero attached hydrogens (tertiary/aromatic N) is 1. The Hall–Kier alpha value is -1.33. The van der Waals surface area contributed by atoms with Crippen molar-refractivity contribution in [1.29, 1.82) is 0 Å². The van der Waals surface area contributed by atoms with E-state index in [1.165, 1.54) is 11.1 Å². The Kier molecular flexibility index (Phi) is 6.46. The molecule has 1 aromatic heterocycles. The van der Waals surface area contributed by atoms with Gasteiger partial charge in [0.15, 0.2) is 0 Å². The molecule has 1 amide bonds. The predicted octanol–water partition coefficient (Wildman–Crippen LogP) is 4.06. The first-order valence-electron chi connectivity index (χ1n) is 7.42. The first-order chi connectivity index (χ1) is 10.5. The number of carbonyl (C=O) groups excluding carboxylic acids is 1. The standard InChI is InChI=1S/C17H22N2OS2/c1-12(2)9-18-16(20)8-15-11-22-17(19-15)21-10-14-6-4-13(3)5-7-14/h4-7,11-12H,8-10H2,1-3H3,(H,18,20). The molecule has 2 rings (SSSR count). The maximum Gasteiger partial charge on any atom is 0.226 e. The van der Waals surface area contributed by atoms with Gasteiger partial charge in [0.25, 0.3) is 0 Å². The van der Waals surface area contributed by atoms with Crippen LogP contribution in [-0.4, -0.2) is 17.4 Å². The minimum atomic E-state index is 0.0501. The van der Waals surface area contributed by atoms with E-state index < -0.39 is 0 Å². The first-order valence-corrected chi connectivity index (χ1v) is 9.29. The molecule has 0 unspecified atom stereocenters. The van der Waals surface area contributed by atoms with Crippen molar-refractivity contribution >= 4 is 29.0 Å². The van der Waals surface area contributed by atoms with Crippen LogP contribution in [0.5, 0.6) is 0 Å². The smallest absolute Gasteiger partial charge is 0.226 e. The van der Waals surface area contributed by atoms with Gasteiger partial charge in [-0.25, -0.2) is 4.98 Å². The number of nitrogens with one attached hydrogen (secondary N) is 1. The molecule has 0 aliphatic rings. The summed E-state index contributed by atoms with van der Waals surface area (Å²) in [5, 5.41) is 4.90. The highest BCUT2D eigenvalue weighted by Crippen LogP contribution is 2.26. The second-order valence-corrected chi connectivity index (χ2v) is 7.83. The van der Waals surface area contributed by atoms with Gasteiger partial charge in [-0.3, -0.25) is 4.79 Å². The van der Waals surface area contributed by atoms with Crippen molar-refractivity contribution in [2.75, 3.05) is 6.54 Å². The summed E-state index contributed by atoms with van der Waals surface area (Å²) in [6.45, 7) is 6.98. The molecule has 0 fully saturated rings. The number of hydrogen-bond acceptors (Lipinski definition) is 4. The summed E-state index contributed by atoms with van der Waals surface area (Å²) < 4.78 is 1.02. The van der Waals surface area contributed by atoms with Crippen LogP contribution in [-0.2, 0) is 17.0 Å². The Morgan fingerprint density at radius 3 is 2.73 bits per heavy atom. The number of benzene rings is 1. The molecule has 0 atom stereocenters. The second-order valence-electron chi connectivity index (χ2n) is 5.75. The third kappa shape index (κ3) is 5.81. The molecule has 0 radical (unpaired) electrons. The Balaban J connectivity index is 1.81. The van der Waals surface area contributed by atoms with E-state index in [1.807, 2.05) is 5.38 Å². The molecular weight excluding hydrogens is 312 g/mol. The highest BCUT2D eigenvalue weighted by molar-refractivity contribution is 8.00. The number of aryl methyl sites for hydroxylation is 1. The highest BCUT2D eigenvalue weighted by Gasteiger charge is 2.08. The molecule has 2 aromatic rings. The fourth-order valence-electron chi connectivity index (χ4n) is 1.81. The summed E-state index contributed by atoms with van der Waals surface area (Å²) in [6, 6.07) is 8.55. The molecule has 0 bridgehead atoms. The molecule has 1 heterocycles. The van der Waals surface area contributed by atoms with E-state index in [-0.39, 0.29) is 5.91 Å². The van der Waals surface area contributed by atoms with E-state index in [4.69, 9.17) is 0 Å². The van der Waals surface area contributed by atoms with Crippen molar-refractivity contribution in [3.05, 3.63) is 46.5 Å². The van der Waals surface area contributed by atoms with Crippen LogP contribution in [0.4, 0.5) is 0 Å². The normalized spacial score (nSPS) is 10.9. The lowest BCUT2D eigenvalue weighted by molar-refractivity contribution is -0.120. The zero-order chi connectivity index (χ0) is 15.9. The molecule has 0 saturated carbocycles. The number of rotatable bonds is 7. The summed E-state index contributed by atoms with van der Waals surface area (Å²) in [7, 11) is 0. The molecule has 3 nitrogen and oxygen atoms in total. The van der Waals surface area contributed by atoms with Crippen LogP contribution in [0.3, 0.4) is 0 Å². The van der Waals surface area contributed by atoms with Crippen molar-refractivity contribution in [1.82, 2.24) is 10.3 Å².